The molecule has 0 bridgehead atoms. The third-order valence-electron chi connectivity index (χ3n) is 4.80. The zero-order chi connectivity index (χ0) is 17.4. The van der Waals surface area contributed by atoms with Crippen molar-refractivity contribution in [3.63, 3.8) is 0 Å². The Labute approximate surface area is 145 Å². The first-order valence-corrected chi connectivity index (χ1v) is 8.46. The van der Waals surface area contributed by atoms with Gasteiger partial charge >= 0.3 is 0 Å². The number of amides is 1. The van der Waals surface area contributed by atoms with Gasteiger partial charge in [0.1, 0.15) is 5.76 Å². The van der Waals surface area contributed by atoms with E-state index in [2.05, 4.69) is 10.5 Å². The number of benzene rings is 1. The minimum absolute atomic E-state index is 0.0307. The fourth-order valence-electron chi connectivity index (χ4n) is 3.50. The Balaban J connectivity index is 1.51. The van der Waals surface area contributed by atoms with Crippen molar-refractivity contribution in [3.8, 4) is 0 Å². The highest BCUT2D eigenvalue weighted by Crippen LogP contribution is 2.23. The van der Waals surface area contributed by atoms with Gasteiger partial charge < -0.3 is 19.1 Å². The molecule has 0 spiro atoms. The maximum Gasteiger partial charge on any atom is 0.253 e. The van der Waals surface area contributed by atoms with E-state index in [0.29, 0.717) is 25.2 Å². The largest absolute Gasteiger partial charge is 0.379 e. The van der Waals surface area contributed by atoms with Crippen LogP contribution >= 0.6 is 0 Å². The molecule has 25 heavy (non-hydrogen) atoms. The van der Waals surface area contributed by atoms with E-state index in [1.54, 1.807) is 0 Å². The Morgan fingerprint density at radius 2 is 2.20 bits per heavy atom. The number of hydrogen-bond acceptors (Lipinski definition) is 4. The molecule has 2 aromatic heterocycles. The number of para-hydroxylation sites is 1. The second kappa shape index (κ2) is 6.37. The lowest BCUT2D eigenvalue weighted by Gasteiger charge is -2.17. The van der Waals surface area contributed by atoms with E-state index in [9.17, 15) is 4.79 Å². The van der Waals surface area contributed by atoms with Gasteiger partial charge in [-0.25, -0.2) is 0 Å². The Morgan fingerprint density at radius 3 is 3.00 bits per heavy atom. The van der Waals surface area contributed by atoms with Crippen molar-refractivity contribution in [3.05, 3.63) is 53.5 Å². The van der Waals surface area contributed by atoms with Crippen molar-refractivity contribution < 1.29 is 14.1 Å². The van der Waals surface area contributed by atoms with E-state index in [1.807, 2.05) is 55.1 Å². The van der Waals surface area contributed by atoms with Gasteiger partial charge in [-0.05, 0) is 13.0 Å². The van der Waals surface area contributed by atoms with Gasteiger partial charge in [-0.3, -0.25) is 4.79 Å². The number of ether oxygens (including phenoxy) is 1. The number of carbonyl (C=O) groups excluding carboxylic acids is 1. The molecule has 0 unspecified atom stereocenters. The lowest BCUT2D eigenvalue weighted by Crippen LogP contribution is -2.40. The molecule has 0 saturated carbocycles. The Kier molecular flexibility index (Phi) is 4.05. The fourth-order valence-corrected chi connectivity index (χ4v) is 3.50. The molecule has 1 saturated heterocycles. The molecule has 4 rings (SSSR count). The van der Waals surface area contributed by atoms with Crippen LogP contribution in [0.1, 0.15) is 21.8 Å². The molecule has 1 amide bonds. The summed E-state index contributed by atoms with van der Waals surface area (Å²) in [7, 11) is 1.95. The molecule has 1 aromatic carbocycles. The first-order valence-electron chi connectivity index (χ1n) is 8.46. The quantitative estimate of drug-likeness (QED) is 0.793. The van der Waals surface area contributed by atoms with Gasteiger partial charge in [-0.15, -0.1) is 0 Å². The molecular formula is C19H21N3O3. The number of hydrogen-bond donors (Lipinski definition) is 1. The van der Waals surface area contributed by atoms with Crippen LogP contribution in [0.2, 0.25) is 0 Å². The van der Waals surface area contributed by atoms with Crippen molar-refractivity contribution in [2.75, 3.05) is 13.2 Å². The van der Waals surface area contributed by atoms with Crippen molar-refractivity contribution in [2.45, 2.75) is 19.4 Å². The molecule has 1 aliphatic heterocycles. The van der Waals surface area contributed by atoms with Crippen LogP contribution in [0, 0.1) is 12.8 Å². The molecule has 0 radical (unpaired) electrons. The van der Waals surface area contributed by atoms with Crippen LogP contribution in [0.15, 0.2) is 41.1 Å². The molecule has 1 aliphatic rings. The van der Waals surface area contributed by atoms with Gasteiger partial charge in [0, 0.05) is 42.6 Å². The Morgan fingerprint density at radius 1 is 1.36 bits per heavy atom. The van der Waals surface area contributed by atoms with Crippen LogP contribution in [0.4, 0.5) is 0 Å². The molecular weight excluding hydrogens is 318 g/mol. The molecule has 1 N–H and O–H groups in total. The summed E-state index contributed by atoms with van der Waals surface area (Å²) in [6.45, 7) is 3.03. The second-order valence-corrected chi connectivity index (χ2v) is 6.69. The first-order chi connectivity index (χ1) is 12.1. The number of aryl methyl sites for hydroxylation is 2. The zero-order valence-electron chi connectivity index (χ0n) is 14.4. The van der Waals surface area contributed by atoms with Crippen LogP contribution in [0.3, 0.4) is 0 Å². The van der Waals surface area contributed by atoms with Crippen molar-refractivity contribution >= 4 is 16.8 Å². The second-order valence-electron chi connectivity index (χ2n) is 6.69. The SMILES string of the molecule is Cc1cc(C[C@@H]2COC[C@@H]2NC(=O)c2cn(C)c3ccccc23)on1. The predicted molar refractivity (Wildman–Crippen MR) is 93.4 cm³/mol. The molecule has 3 heterocycles. The third-order valence-corrected chi connectivity index (χ3v) is 4.80. The number of rotatable bonds is 4. The summed E-state index contributed by atoms with van der Waals surface area (Å²) in [4.78, 5) is 12.8. The van der Waals surface area contributed by atoms with Crippen LogP contribution in [0.5, 0.6) is 0 Å². The van der Waals surface area contributed by atoms with E-state index in [-0.39, 0.29) is 17.9 Å². The molecule has 130 valence electrons. The summed E-state index contributed by atoms with van der Waals surface area (Å²) in [6, 6.07) is 9.82. The summed E-state index contributed by atoms with van der Waals surface area (Å²) in [5.74, 6) is 0.953. The predicted octanol–water partition coefficient (Wildman–Crippen LogP) is 2.46. The lowest BCUT2D eigenvalue weighted by atomic mass is 9.98. The highest BCUT2D eigenvalue weighted by molar-refractivity contribution is 6.07. The van der Waals surface area contributed by atoms with Gasteiger partial charge in [0.05, 0.1) is 30.5 Å². The fraction of sp³-hybridized carbons (Fsp3) is 0.368. The minimum atomic E-state index is -0.0638. The van der Waals surface area contributed by atoms with Crippen LogP contribution in [0.25, 0.3) is 10.9 Å². The number of fused-ring (bicyclic) bond motifs is 1. The first kappa shape index (κ1) is 15.9. The number of nitrogens with zero attached hydrogens (tertiary/aromatic N) is 2. The summed E-state index contributed by atoms with van der Waals surface area (Å²) >= 11 is 0. The highest BCUT2D eigenvalue weighted by atomic mass is 16.5. The van der Waals surface area contributed by atoms with Crippen molar-refractivity contribution in [2.24, 2.45) is 13.0 Å². The summed E-state index contributed by atoms with van der Waals surface area (Å²) in [5, 5.41) is 8.02. The molecule has 2 atom stereocenters. The average molecular weight is 339 g/mol. The molecule has 3 aromatic rings. The molecule has 6 nitrogen and oxygen atoms in total. The van der Waals surface area contributed by atoms with Gasteiger partial charge in [-0.2, -0.15) is 0 Å². The maximum absolute atomic E-state index is 12.8. The summed E-state index contributed by atoms with van der Waals surface area (Å²) in [5.41, 5.74) is 2.61. The number of nitrogens with one attached hydrogen (secondary N) is 1. The maximum atomic E-state index is 12.8. The zero-order valence-corrected chi connectivity index (χ0v) is 14.4. The van der Waals surface area contributed by atoms with Gasteiger partial charge in [0.2, 0.25) is 0 Å². The van der Waals surface area contributed by atoms with Crippen molar-refractivity contribution in [1.29, 1.82) is 0 Å². The number of aromatic nitrogens is 2. The summed E-state index contributed by atoms with van der Waals surface area (Å²) in [6.07, 6.45) is 2.59. The monoisotopic (exact) mass is 339 g/mol. The van der Waals surface area contributed by atoms with Crippen molar-refractivity contribution in [1.82, 2.24) is 15.0 Å². The van der Waals surface area contributed by atoms with Crippen LogP contribution in [-0.4, -0.2) is 34.9 Å². The smallest absolute Gasteiger partial charge is 0.253 e. The molecule has 0 aliphatic carbocycles. The number of carbonyl (C=O) groups is 1. The normalized spacial score (nSPS) is 20.2. The topological polar surface area (TPSA) is 69.3 Å². The van der Waals surface area contributed by atoms with Crippen LogP contribution < -0.4 is 5.32 Å². The van der Waals surface area contributed by atoms with E-state index >= 15 is 0 Å². The van der Waals surface area contributed by atoms with Gasteiger partial charge in [0.15, 0.2) is 0 Å². The van der Waals surface area contributed by atoms with E-state index in [0.717, 1.165) is 22.4 Å². The summed E-state index contributed by atoms with van der Waals surface area (Å²) < 4.78 is 12.9. The Hall–Kier alpha value is -2.60. The molecule has 6 heteroatoms. The van der Waals surface area contributed by atoms with Crippen LogP contribution in [-0.2, 0) is 18.2 Å². The van der Waals surface area contributed by atoms with E-state index in [1.165, 1.54) is 0 Å². The van der Waals surface area contributed by atoms with Gasteiger partial charge in [-0.1, -0.05) is 23.4 Å². The molecule has 1 fully saturated rings. The lowest BCUT2D eigenvalue weighted by molar-refractivity contribution is 0.0926. The van der Waals surface area contributed by atoms with Gasteiger partial charge in [0.25, 0.3) is 5.91 Å². The van der Waals surface area contributed by atoms with E-state index in [4.69, 9.17) is 9.26 Å². The average Bonchev–Trinajstić information content (AvgIpc) is 3.29. The Bertz CT molecular complexity index is 912. The highest BCUT2D eigenvalue weighted by Gasteiger charge is 2.31. The minimum Gasteiger partial charge on any atom is -0.379 e. The van der Waals surface area contributed by atoms with E-state index < -0.39 is 0 Å². The third kappa shape index (κ3) is 3.05. The standard InChI is InChI=1S/C19H21N3O3/c1-12-7-14(25-21-12)8-13-10-24-11-17(13)20-19(23)16-9-22(2)18-6-4-3-5-15(16)18/h3-7,9,13,17H,8,10-11H2,1-2H3,(H,20,23)/t13-,17+/m1/s1.